The zero-order valence-electron chi connectivity index (χ0n) is 14.6. The molecular weight excluding hydrogens is 320 g/mol. The van der Waals surface area contributed by atoms with Crippen LogP contribution >= 0.6 is 0 Å². The van der Waals surface area contributed by atoms with E-state index in [4.69, 9.17) is 0 Å². The third-order valence-corrected chi connectivity index (χ3v) is 5.30. The minimum absolute atomic E-state index is 0.0372. The van der Waals surface area contributed by atoms with E-state index in [0.29, 0.717) is 25.1 Å². The molecule has 134 valence electrons. The first-order valence-corrected chi connectivity index (χ1v) is 8.81. The second-order valence-electron chi connectivity index (χ2n) is 7.26. The van der Waals surface area contributed by atoms with Gasteiger partial charge in [0.2, 0.25) is 5.91 Å². The molecule has 0 bridgehead atoms. The van der Waals surface area contributed by atoms with E-state index in [1.165, 1.54) is 0 Å². The molecule has 0 spiro atoms. The number of carbonyl (C=O) groups excluding carboxylic acids is 2. The van der Waals surface area contributed by atoms with E-state index >= 15 is 0 Å². The van der Waals surface area contributed by atoms with Gasteiger partial charge in [0.25, 0.3) is 5.91 Å². The van der Waals surface area contributed by atoms with Gasteiger partial charge < -0.3 is 14.9 Å². The number of carbonyl (C=O) groups is 3. The van der Waals surface area contributed by atoms with Gasteiger partial charge in [0.15, 0.2) is 0 Å². The second-order valence-corrected chi connectivity index (χ2v) is 7.26. The van der Waals surface area contributed by atoms with Crippen LogP contribution in [0.3, 0.4) is 0 Å². The number of rotatable bonds is 4. The van der Waals surface area contributed by atoms with Gasteiger partial charge in [-0.15, -0.1) is 0 Å². The molecule has 0 aliphatic carbocycles. The maximum atomic E-state index is 12.9. The number of carboxylic acids is 1. The summed E-state index contributed by atoms with van der Waals surface area (Å²) in [7, 11) is 0. The first-order valence-electron chi connectivity index (χ1n) is 8.81. The van der Waals surface area contributed by atoms with E-state index < -0.39 is 11.9 Å². The highest BCUT2D eigenvalue weighted by Crippen LogP contribution is 2.31. The number of aliphatic carboxylic acids is 1. The summed E-state index contributed by atoms with van der Waals surface area (Å²) in [5, 5.41) is 9.44. The number of benzene rings is 1. The number of hydrogen-bond acceptors (Lipinski definition) is 3. The van der Waals surface area contributed by atoms with Crippen LogP contribution in [0.5, 0.6) is 0 Å². The lowest BCUT2D eigenvalue weighted by molar-refractivity contribution is -0.143. The fourth-order valence-corrected chi connectivity index (χ4v) is 3.84. The summed E-state index contributed by atoms with van der Waals surface area (Å²) in [5.74, 6) is -1.28. The molecule has 3 rings (SSSR count). The van der Waals surface area contributed by atoms with Crippen molar-refractivity contribution in [3.63, 3.8) is 0 Å². The second kappa shape index (κ2) is 6.86. The van der Waals surface area contributed by atoms with Crippen LogP contribution < -0.4 is 4.90 Å². The van der Waals surface area contributed by atoms with E-state index in [2.05, 4.69) is 0 Å². The minimum Gasteiger partial charge on any atom is -0.481 e. The summed E-state index contributed by atoms with van der Waals surface area (Å²) in [4.78, 5) is 39.6. The van der Waals surface area contributed by atoms with Gasteiger partial charge in [-0.05, 0) is 36.5 Å². The van der Waals surface area contributed by atoms with Crippen molar-refractivity contribution >= 4 is 23.5 Å². The van der Waals surface area contributed by atoms with E-state index in [0.717, 1.165) is 12.1 Å². The first-order chi connectivity index (χ1) is 11.9. The van der Waals surface area contributed by atoms with Gasteiger partial charge >= 0.3 is 5.97 Å². The van der Waals surface area contributed by atoms with E-state index in [9.17, 15) is 19.5 Å². The molecule has 2 fully saturated rings. The molecule has 1 aromatic carbocycles. The average molecular weight is 344 g/mol. The monoisotopic (exact) mass is 344 g/mol. The SMILES string of the molecule is CC(C)[C@@H]1CN(C(=O)c2cccc(N3CCCC3=O)c2)C[C@H]1C(=O)O. The fraction of sp³-hybridized carbons (Fsp3) is 0.526. The molecule has 0 saturated carbocycles. The molecular formula is C19H24N2O4. The normalized spacial score (nSPS) is 23.6. The van der Waals surface area contributed by atoms with E-state index in [1.807, 2.05) is 19.9 Å². The number of nitrogens with zero attached hydrogens (tertiary/aromatic N) is 2. The number of anilines is 1. The van der Waals surface area contributed by atoms with Crippen LogP contribution in [-0.4, -0.2) is 47.4 Å². The van der Waals surface area contributed by atoms with Crippen LogP contribution in [0.25, 0.3) is 0 Å². The van der Waals surface area contributed by atoms with Crippen molar-refractivity contribution in [2.24, 2.45) is 17.8 Å². The molecule has 2 heterocycles. The lowest BCUT2D eigenvalue weighted by Crippen LogP contribution is -2.30. The molecule has 2 aliphatic heterocycles. The third kappa shape index (κ3) is 3.38. The Hall–Kier alpha value is -2.37. The average Bonchev–Trinajstić information content (AvgIpc) is 3.20. The van der Waals surface area contributed by atoms with Gasteiger partial charge in [0, 0.05) is 37.3 Å². The molecule has 25 heavy (non-hydrogen) atoms. The molecule has 1 N–H and O–H groups in total. The molecule has 0 aromatic heterocycles. The fourth-order valence-electron chi connectivity index (χ4n) is 3.84. The molecule has 0 radical (unpaired) electrons. The van der Waals surface area contributed by atoms with Crippen LogP contribution in [0, 0.1) is 17.8 Å². The lowest BCUT2D eigenvalue weighted by atomic mass is 9.86. The summed E-state index contributed by atoms with van der Waals surface area (Å²) in [6.45, 7) is 5.36. The first kappa shape index (κ1) is 17.5. The predicted octanol–water partition coefficient (Wildman–Crippen LogP) is 2.24. The van der Waals surface area contributed by atoms with E-state index in [1.54, 1.807) is 28.0 Å². The summed E-state index contributed by atoms with van der Waals surface area (Å²) < 4.78 is 0. The molecule has 2 aliphatic rings. The Morgan fingerprint density at radius 2 is 2.00 bits per heavy atom. The van der Waals surface area contributed by atoms with Crippen LogP contribution in [0.15, 0.2) is 24.3 Å². The zero-order chi connectivity index (χ0) is 18.1. The molecule has 6 heteroatoms. The molecule has 2 saturated heterocycles. The highest BCUT2D eigenvalue weighted by molar-refractivity contribution is 5.99. The summed E-state index contributed by atoms with van der Waals surface area (Å²) in [5.41, 5.74) is 1.24. The maximum absolute atomic E-state index is 12.9. The number of carboxylic acid groups (broad SMARTS) is 1. The van der Waals surface area contributed by atoms with Crippen LogP contribution in [0.1, 0.15) is 37.0 Å². The Morgan fingerprint density at radius 3 is 2.56 bits per heavy atom. The zero-order valence-corrected chi connectivity index (χ0v) is 14.6. The smallest absolute Gasteiger partial charge is 0.308 e. The molecule has 6 nitrogen and oxygen atoms in total. The quantitative estimate of drug-likeness (QED) is 0.909. The van der Waals surface area contributed by atoms with Crippen molar-refractivity contribution in [2.75, 3.05) is 24.5 Å². The Kier molecular flexibility index (Phi) is 4.79. The van der Waals surface area contributed by atoms with Crippen molar-refractivity contribution in [1.82, 2.24) is 4.90 Å². The van der Waals surface area contributed by atoms with Crippen molar-refractivity contribution in [3.05, 3.63) is 29.8 Å². The molecule has 2 amide bonds. The summed E-state index contributed by atoms with van der Waals surface area (Å²) in [6.07, 6.45) is 1.38. The number of likely N-dealkylation sites (tertiary alicyclic amines) is 1. The standard InChI is InChI=1S/C19H24N2O4/c1-12(2)15-10-20(11-16(15)19(24)25)18(23)13-5-3-6-14(9-13)21-8-4-7-17(21)22/h3,5-6,9,12,15-16H,4,7-8,10-11H2,1-2H3,(H,24,25)/t15-,16+/m0/s1. The van der Waals surface area contributed by atoms with Crippen LogP contribution in [0.4, 0.5) is 5.69 Å². The van der Waals surface area contributed by atoms with Gasteiger partial charge in [0.05, 0.1) is 5.92 Å². The van der Waals surface area contributed by atoms with Crippen LogP contribution in [-0.2, 0) is 9.59 Å². The van der Waals surface area contributed by atoms with Crippen molar-refractivity contribution in [3.8, 4) is 0 Å². The Labute approximate surface area is 147 Å². The van der Waals surface area contributed by atoms with Crippen molar-refractivity contribution in [1.29, 1.82) is 0 Å². The Morgan fingerprint density at radius 1 is 1.24 bits per heavy atom. The summed E-state index contributed by atoms with van der Waals surface area (Å²) in [6, 6.07) is 7.08. The van der Waals surface area contributed by atoms with Gasteiger partial charge in [-0.2, -0.15) is 0 Å². The van der Waals surface area contributed by atoms with Crippen molar-refractivity contribution < 1.29 is 19.5 Å². The molecule has 2 atom stereocenters. The van der Waals surface area contributed by atoms with Gasteiger partial charge in [0.1, 0.15) is 0 Å². The molecule has 0 unspecified atom stereocenters. The number of amides is 2. The highest BCUT2D eigenvalue weighted by Gasteiger charge is 2.41. The number of hydrogen-bond donors (Lipinski definition) is 1. The third-order valence-electron chi connectivity index (χ3n) is 5.30. The Balaban J connectivity index is 1.79. The Bertz CT molecular complexity index is 700. The molecule has 1 aromatic rings. The predicted molar refractivity (Wildman–Crippen MR) is 93.4 cm³/mol. The van der Waals surface area contributed by atoms with Gasteiger partial charge in [-0.25, -0.2) is 0 Å². The maximum Gasteiger partial charge on any atom is 0.308 e. The van der Waals surface area contributed by atoms with Crippen molar-refractivity contribution in [2.45, 2.75) is 26.7 Å². The summed E-state index contributed by atoms with van der Waals surface area (Å²) >= 11 is 0. The largest absolute Gasteiger partial charge is 0.481 e. The highest BCUT2D eigenvalue weighted by atomic mass is 16.4. The lowest BCUT2D eigenvalue weighted by Gasteiger charge is -2.20. The van der Waals surface area contributed by atoms with E-state index in [-0.39, 0.29) is 30.2 Å². The van der Waals surface area contributed by atoms with Gasteiger partial charge in [-0.1, -0.05) is 19.9 Å². The topological polar surface area (TPSA) is 77.9 Å². The minimum atomic E-state index is -0.842. The van der Waals surface area contributed by atoms with Crippen LogP contribution in [0.2, 0.25) is 0 Å². The van der Waals surface area contributed by atoms with Gasteiger partial charge in [-0.3, -0.25) is 14.4 Å².